The van der Waals surface area contributed by atoms with Crippen molar-refractivity contribution in [1.82, 2.24) is 14.8 Å². The quantitative estimate of drug-likeness (QED) is 0.867. The Morgan fingerprint density at radius 3 is 2.61 bits per heavy atom. The number of rotatable bonds is 3. The van der Waals surface area contributed by atoms with E-state index in [0.29, 0.717) is 25.2 Å². The molecule has 0 bridgehead atoms. The van der Waals surface area contributed by atoms with Crippen LogP contribution in [0.5, 0.6) is 0 Å². The van der Waals surface area contributed by atoms with Crippen LogP contribution in [0.15, 0.2) is 48.8 Å². The van der Waals surface area contributed by atoms with Crippen molar-refractivity contribution in [2.45, 2.75) is 6.54 Å². The zero-order valence-corrected chi connectivity index (χ0v) is 12.5. The molecule has 0 unspecified atom stereocenters. The van der Waals surface area contributed by atoms with Gasteiger partial charge in [-0.05, 0) is 29.8 Å². The molecule has 1 aliphatic heterocycles. The highest BCUT2D eigenvalue weighted by atomic mass is 19.1. The molecule has 0 saturated carbocycles. The summed E-state index contributed by atoms with van der Waals surface area (Å²) in [5, 5.41) is 0. The number of piperazine rings is 1. The van der Waals surface area contributed by atoms with Crippen molar-refractivity contribution in [3.63, 3.8) is 0 Å². The third-order valence-electron chi connectivity index (χ3n) is 3.80. The van der Waals surface area contributed by atoms with E-state index in [4.69, 9.17) is 0 Å². The Hall–Kier alpha value is -2.76. The Balaban J connectivity index is 1.62. The molecular weight excluding hydrogens is 297 g/mol. The Labute approximate surface area is 133 Å². The van der Waals surface area contributed by atoms with Crippen molar-refractivity contribution in [1.29, 1.82) is 0 Å². The predicted molar refractivity (Wildman–Crippen MR) is 82.0 cm³/mol. The molecule has 1 aromatic heterocycles. The summed E-state index contributed by atoms with van der Waals surface area (Å²) in [6, 6.07) is 9.46. The number of aromatic nitrogens is 1. The summed E-state index contributed by atoms with van der Waals surface area (Å²) in [6.45, 7) is 1.41. The summed E-state index contributed by atoms with van der Waals surface area (Å²) in [5.74, 6) is -0.599. The monoisotopic (exact) mass is 313 g/mol. The molecule has 2 amide bonds. The molecule has 2 heterocycles. The maximum absolute atomic E-state index is 12.9. The lowest BCUT2D eigenvalue weighted by Crippen LogP contribution is -2.51. The second-order valence-corrected chi connectivity index (χ2v) is 5.41. The number of benzene rings is 1. The van der Waals surface area contributed by atoms with Gasteiger partial charge in [-0.1, -0.05) is 12.1 Å². The first-order valence-corrected chi connectivity index (χ1v) is 7.35. The van der Waals surface area contributed by atoms with Crippen molar-refractivity contribution >= 4 is 11.8 Å². The van der Waals surface area contributed by atoms with Gasteiger partial charge in [0, 0.05) is 32.0 Å². The predicted octanol–water partition coefficient (Wildman–Crippen LogP) is 1.71. The zero-order valence-electron chi connectivity index (χ0n) is 12.5. The smallest absolute Gasteiger partial charge is 0.255 e. The SMILES string of the molecule is O=C1CN(C(=O)c2cccnc2)CCN1Cc1ccc(F)cc1. The van der Waals surface area contributed by atoms with Gasteiger partial charge in [0.2, 0.25) is 5.91 Å². The van der Waals surface area contributed by atoms with Gasteiger partial charge < -0.3 is 9.80 Å². The minimum atomic E-state index is -0.299. The zero-order chi connectivity index (χ0) is 16.2. The van der Waals surface area contributed by atoms with Crippen molar-refractivity contribution in [3.05, 3.63) is 65.7 Å². The van der Waals surface area contributed by atoms with E-state index in [1.165, 1.54) is 23.2 Å². The van der Waals surface area contributed by atoms with Gasteiger partial charge in [0.05, 0.1) is 5.56 Å². The number of hydrogen-bond donors (Lipinski definition) is 0. The largest absolute Gasteiger partial charge is 0.335 e. The van der Waals surface area contributed by atoms with Crippen molar-refractivity contribution < 1.29 is 14.0 Å². The third kappa shape index (κ3) is 3.53. The maximum Gasteiger partial charge on any atom is 0.255 e. The van der Waals surface area contributed by atoms with Crippen LogP contribution in [0.1, 0.15) is 15.9 Å². The van der Waals surface area contributed by atoms with Crippen LogP contribution in [0.2, 0.25) is 0 Å². The van der Waals surface area contributed by atoms with Gasteiger partial charge in [0.1, 0.15) is 12.4 Å². The summed E-state index contributed by atoms with van der Waals surface area (Å²) >= 11 is 0. The lowest BCUT2D eigenvalue weighted by molar-refractivity contribution is -0.135. The van der Waals surface area contributed by atoms with E-state index in [1.807, 2.05) is 0 Å². The normalized spacial score (nSPS) is 14.9. The minimum absolute atomic E-state index is 0.0505. The molecule has 6 heteroatoms. The number of hydrogen-bond acceptors (Lipinski definition) is 3. The van der Waals surface area contributed by atoms with Gasteiger partial charge in [-0.2, -0.15) is 0 Å². The van der Waals surface area contributed by atoms with Crippen molar-refractivity contribution in [2.24, 2.45) is 0 Å². The van der Waals surface area contributed by atoms with Gasteiger partial charge in [0.25, 0.3) is 5.91 Å². The van der Waals surface area contributed by atoms with E-state index in [0.717, 1.165) is 5.56 Å². The van der Waals surface area contributed by atoms with Crippen LogP contribution in [0, 0.1) is 5.82 Å². The number of halogens is 1. The number of amides is 2. The van der Waals surface area contributed by atoms with E-state index >= 15 is 0 Å². The first-order chi connectivity index (χ1) is 11.1. The van der Waals surface area contributed by atoms with Crippen LogP contribution < -0.4 is 0 Å². The van der Waals surface area contributed by atoms with E-state index in [9.17, 15) is 14.0 Å². The van der Waals surface area contributed by atoms with E-state index < -0.39 is 0 Å². The standard InChI is InChI=1S/C17H16FN3O2/c18-15-5-3-13(4-6-15)11-20-8-9-21(12-16(20)22)17(23)14-2-1-7-19-10-14/h1-7,10H,8-9,11-12H2. The van der Waals surface area contributed by atoms with Crippen LogP contribution in [0.3, 0.4) is 0 Å². The van der Waals surface area contributed by atoms with Gasteiger partial charge in [0.15, 0.2) is 0 Å². The molecule has 23 heavy (non-hydrogen) atoms. The third-order valence-corrected chi connectivity index (χ3v) is 3.80. The van der Waals surface area contributed by atoms with Gasteiger partial charge in [-0.25, -0.2) is 4.39 Å². The van der Waals surface area contributed by atoms with Gasteiger partial charge in [-0.15, -0.1) is 0 Å². The second kappa shape index (κ2) is 6.56. The molecular formula is C17H16FN3O2. The lowest BCUT2D eigenvalue weighted by atomic mass is 10.1. The molecule has 0 N–H and O–H groups in total. The van der Waals surface area contributed by atoms with Crippen LogP contribution in [0.25, 0.3) is 0 Å². The van der Waals surface area contributed by atoms with Crippen LogP contribution in [0.4, 0.5) is 4.39 Å². The number of carbonyl (C=O) groups is 2. The maximum atomic E-state index is 12.9. The lowest BCUT2D eigenvalue weighted by Gasteiger charge is -2.34. The molecule has 118 valence electrons. The summed E-state index contributed by atoms with van der Waals surface area (Å²) < 4.78 is 12.9. The molecule has 5 nitrogen and oxygen atoms in total. The molecule has 1 fully saturated rings. The summed E-state index contributed by atoms with van der Waals surface area (Å²) in [4.78, 5) is 31.7. The summed E-state index contributed by atoms with van der Waals surface area (Å²) in [5.41, 5.74) is 1.35. The number of nitrogens with zero attached hydrogens (tertiary/aromatic N) is 3. The number of pyridine rings is 1. The van der Waals surface area contributed by atoms with Gasteiger partial charge in [-0.3, -0.25) is 14.6 Å². The molecule has 0 atom stereocenters. The first kappa shape index (κ1) is 15.1. The average molecular weight is 313 g/mol. The molecule has 1 aromatic carbocycles. The summed E-state index contributed by atoms with van der Waals surface area (Å²) in [6.07, 6.45) is 3.10. The molecule has 0 radical (unpaired) electrons. The second-order valence-electron chi connectivity index (χ2n) is 5.41. The molecule has 1 aliphatic rings. The molecule has 1 saturated heterocycles. The van der Waals surface area contributed by atoms with Crippen molar-refractivity contribution in [2.75, 3.05) is 19.6 Å². The molecule has 2 aromatic rings. The molecule has 0 aliphatic carbocycles. The Morgan fingerprint density at radius 2 is 1.96 bits per heavy atom. The average Bonchev–Trinajstić information content (AvgIpc) is 2.59. The first-order valence-electron chi connectivity index (χ1n) is 7.35. The van der Waals surface area contributed by atoms with E-state index in [1.54, 1.807) is 35.4 Å². The topological polar surface area (TPSA) is 53.5 Å². The highest BCUT2D eigenvalue weighted by Gasteiger charge is 2.27. The molecule has 0 spiro atoms. The van der Waals surface area contributed by atoms with E-state index in [2.05, 4.69) is 4.98 Å². The Bertz CT molecular complexity index is 704. The highest BCUT2D eigenvalue weighted by molar-refractivity contribution is 5.96. The minimum Gasteiger partial charge on any atom is -0.335 e. The fraction of sp³-hybridized carbons (Fsp3) is 0.235. The van der Waals surface area contributed by atoms with Gasteiger partial charge >= 0.3 is 0 Å². The number of carbonyl (C=O) groups excluding carboxylic acids is 2. The van der Waals surface area contributed by atoms with E-state index in [-0.39, 0.29) is 24.2 Å². The Morgan fingerprint density at radius 1 is 1.17 bits per heavy atom. The highest BCUT2D eigenvalue weighted by Crippen LogP contribution is 2.12. The fourth-order valence-corrected chi connectivity index (χ4v) is 2.53. The molecule has 3 rings (SSSR count). The van der Waals surface area contributed by atoms with Crippen molar-refractivity contribution in [3.8, 4) is 0 Å². The Kier molecular flexibility index (Phi) is 4.32. The van der Waals surface area contributed by atoms with Crippen LogP contribution in [-0.4, -0.2) is 46.2 Å². The fourth-order valence-electron chi connectivity index (χ4n) is 2.53. The van der Waals surface area contributed by atoms with Crippen LogP contribution >= 0.6 is 0 Å². The summed E-state index contributed by atoms with van der Waals surface area (Å²) in [7, 11) is 0. The van der Waals surface area contributed by atoms with Crippen LogP contribution in [-0.2, 0) is 11.3 Å².